The van der Waals surface area contributed by atoms with E-state index in [4.69, 9.17) is 9.97 Å². The lowest BCUT2D eigenvalue weighted by Crippen LogP contribution is -2.22. The third-order valence-corrected chi connectivity index (χ3v) is 7.37. The minimum atomic E-state index is -0.982. The van der Waals surface area contributed by atoms with Crippen molar-refractivity contribution in [3.63, 3.8) is 0 Å². The van der Waals surface area contributed by atoms with Crippen LogP contribution in [0.15, 0.2) is 60.7 Å². The Morgan fingerprint density at radius 3 is 2.42 bits per heavy atom. The SMILES string of the molecule is Cc1cc([C@@H](C)Nc2ccccc2C(=O)O)c2nc(N3C4CCC3c3ccccc34)c(C#N)nc2c1. The van der Waals surface area contributed by atoms with E-state index in [-0.39, 0.29) is 23.7 Å². The first-order chi connectivity index (χ1) is 17.5. The first kappa shape index (κ1) is 22.1. The Bertz CT molecular complexity index is 1540. The van der Waals surface area contributed by atoms with Crippen molar-refractivity contribution in [2.24, 2.45) is 0 Å². The van der Waals surface area contributed by atoms with Gasteiger partial charge in [0.2, 0.25) is 0 Å². The van der Waals surface area contributed by atoms with E-state index in [9.17, 15) is 15.2 Å². The molecule has 2 bridgehead atoms. The maximum Gasteiger partial charge on any atom is 0.337 e. The topological polar surface area (TPSA) is 102 Å². The summed E-state index contributed by atoms with van der Waals surface area (Å²) in [5, 5.41) is 23.0. The molecule has 7 nitrogen and oxygen atoms in total. The number of carboxylic acid groups (broad SMARTS) is 1. The van der Waals surface area contributed by atoms with Gasteiger partial charge >= 0.3 is 5.97 Å². The smallest absolute Gasteiger partial charge is 0.337 e. The largest absolute Gasteiger partial charge is 0.478 e. The zero-order chi connectivity index (χ0) is 25.0. The third-order valence-electron chi connectivity index (χ3n) is 7.37. The Morgan fingerprint density at radius 2 is 1.75 bits per heavy atom. The minimum Gasteiger partial charge on any atom is -0.478 e. The molecule has 3 atom stereocenters. The molecule has 1 fully saturated rings. The highest BCUT2D eigenvalue weighted by atomic mass is 16.4. The Hall–Kier alpha value is -4.44. The Labute approximate surface area is 209 Å². The molecule has 0 spiro atoms. The number of aromatic nitrogens is 2. The van der Waals surface area contributed by atoms with E-state index < -0.39 is 5.97 Å². The molecule has 3 heterocycles. The molecular weight excluding hydrogens is 450 g/mol. The monoisotopic (exact) mass is 475 g/mol. The molecule has 2 aliphatic rings. The Kier molecular flexibility index (Phi) is 5.11. The molecule has 6 rings (SSSR count). The van der Waals surface area contributed by atoms with Crippen molar-refractivity contribution in [3.05, 3.63) is 94.2 Å². The lowest BCUT2D eigenvalue weighted by molar-refractivity contribution is 0.0698. The molecule has 0 radical (unpaired) electrons. The fraction of sp³-hybridized carbons (Fsp3) is 0.241. The molecule has 2 unspecified atom stereocenters. The van der Waals surface area contributed by atoms with Gasteiger partial charge in [-0.25, -0.2) is 14.8 Å². The van der Waals surface area contributed by atoms with Crippen molar-refractivity contribution in [1.82, 2.24) is 9.97 Å². The van der Waals surface area contributed by atoms with Crippen LogP contribution in [0.25, 0.3) is 11.0 Å². The maximum absolute atomic E-state index is 11.7. The van der Waals surface area contributed by atoms with Crippen molar-refractivity contribution in [3.8, 4) is 6.07 Å². The number of aryl methyl sites for hydroxylation is 1. The second kappa shape index (κ2) is 8.35. The summed E-state index contributed by atoms with van der Waals surface area (Å²) >= 11 is 0. The first-order valence-corrected chi connectivity index (χ1v) is 12.1. The van der Waals surface area contributed by atoms with E-state index >= 15 is 0 Å². The number of nitrogens with zero attached hydrogens (tertiary/aromatic N) is 4. The minimum absolute atomic E-state index is 0.192. The molecular formula is C29H25N5O2. The van der Waals surface area contributed by atoms with Gasteiger partial charge in [-0.3, -0.25) is 0 Å². The number of nitriles is 1. The molecule has 0 saturated carbocycles. The van der Waals surface area contributed by atoms with Crippen molar-refractivity contribution >= 4 is 28.5 Å². The van der Waals surface area contributed by atoms with Gasteiger partial charge in [0.25, 0.3) is 0 Å². The molecule has 36 heavy (non-hydrogen) atoms. The van der Waals surface area contributed by atoms with Crippen LogP contribution in [-0.2, 0) is 0 Å². The fourth-order valence-corrected chi connectivity index (χ4v) is 5.85. The zero-order valence-corrected chi connectivity index (χ0v) is 20.1. The standard InChI is InChI=1S/C29H25N5O2/c1-16-13-21(17(2)31-22-10-6-5-9-20(22)29(35)36)27-23(14-16)32-24(15-30)28(33-27)34-25-11-12-26(34)19-8-4-3-7-18(19)25/h3-10,13-14,17,25-26,31H,11-12H2,1-2H3,(H,35,36)/t17-,25?,26?/m1/s1. The molecule has 7 heteroatoms. The van der Waals surface area contributed by atoms with Crippen LogP contribution in [-0.4, -0.2) is 21.0 Å². The maximum atomic E-state index is 11.7. The summed E-state index contributed by atoms with van der Waals surface area (Å²) in [6, 6.07) is 21.8. The number of benzene rings is 3. The van der Waals surface area contributed by atoms with Crippen LogP contribution < -0.4 is 10.2 Å². The van der Waals surface area contributed by atoms with Gasteiger partial charge in [-0.15, -0.1) is 0 Å². The van der Waals surface area contributed by atoms with E-state index in [1.807, 2.05) is 26.0 Å². The number of rotatable bonds is 5. The Morgan fingerprint density at radius 1 is 1.08 bits per heavy atom. The van der Waals surface area contributed by atoms with E-state index in [2.05, 4.69) is 46.6 Å². The molecule has 0 aliphatic carbocycles. The number of fused-ring (bicyclic) bond motifs is 6. The van der Waals surface area contributed by atoms with Gasteiger partial charge in [0.05, 0.1) is 34.7 Å². The average Bonchev–Trinajstić information content (AvgIpc) is 3.45. The Balaban J connectivity index is 1.47. The number of aromatic carboxylic acids is 1. The van der Waals surface area contributed by atoms with Crippen molar-refractivity contribution in [1.29, 1.82) is 5.26 Å². The normalized spacial score (nSPS) is 18.6. The number of hydrogen-bond donors (Lipinski definition) is 2. The van der Waals surface area contributed by atoms with Gasteiger partial charge in [-0.2, -0.15) is 5.26 Å². The molecule has 4 aromatic rings. The fourth-order valence-electron chi connectivity index (χ4n) is 5.85. The van der Waals surface area contributed by atoms with Crippen LogP contribution in [0, 0.1) is 18.3 Å². The molecule has 3 aromatic carbocycles. The van der Waals surface area contributed by atoms with Gasteiger partial charge in [0.1, 0.15) is 6.07 Å². The lowest BCUT2D eigenvalue weighted by atomic mass is 9.92. The van der Waals surface area contributed by atoms with Crippen LogP contribution in [0.4, 0.5) is 11.5 Å². The summed E-state index contributed by atoms with van der Waals surface area (Å²) in [7, 11) is 0. The van der Waals surface area contributed by atoms with Gasteiger partial charge in [0, 0.05) is 11.3 Å². The number of para-hydroxylation sites is 1. The predicted molar refractivity (Wildman–Crippen MR) is 138 cm³/mol. The number of anilines is 2. The summed E-state index contributed by atoms with van der Waals surface area (Å²) in [5.74, 6) is -0.360. The number of carbonyl (C=O) groups is 1. The summed E-state index contributed by atoms with van der Waals surface area (Å²) in [4.78, 5) is 23.9. The average molecular weight is 476 g/mol. The van der Waals surface area contributed by atoms with Crippen molar-refractivity contribution in [2.45, 2.75) is 44.8 Å². The highest BCUT2D eigenvalue weighted by Gasteiger charge is 2.45. The van der Waals surface area contributed by atoms with Crippen LogP contribution in [0.3, 0.4) is 0 Å². The first-order valence-electron chi connectivity index (χ1n) is 12.1. The van der Waals surface area contributed by atoms with Crippen LogP contribution in [0.1, 0.15) is 76.2 Å². The second-order valence-electron chi connectivity index (χ2n) is 9.59. The lowest BCUT2D eigenvalue weighted by Gasteiger charge is -2.25. The predicted octanol–water partition coefficient (Wildman–Crippen LogP) is 6.08. The van der Waals surface area contributed by atoms with Crippen molar-refractivity contribution < 1.29 is 9.90 Å². The highest BCUT2D eigenvalue weighted by molar-refractivity contribution is 5.94. The zero-order valence-electron chi connectivity index (χ0n) is 20.1. The van der Waals surface area contributed by atoms with Crippen LogP contribution in [0.2, 0.25) is 0 Å². The second-order valence-corrected chi connectivity index (χ2v) is 9.59. The summed E-state index contributed by atoms with van der Waals surface area (Å²) in [6.07, 6.45) is 2.05. The summed E-state index contributed by atoms with van der Waals surface area (Å²) < 4.78 is 0. The summed E-state index contributed by atoms with van der Waals surface area (Å²) in [6.45, 7) is 3.97. The van der Waals surface area contributed by atoms with E-state index in [1.165, 1.54) is 11.1 Å². The van der Waals surface area contributed by atoms with Gasteiger partial charge in [0.15, 0.2) is 11.5 Å². The van der Waals surface area contributed by atoms with E-state index in [0.29, 0.717) is 22.7 Å². The van der Waals surface area contributed by atoms with E-state index in [0.717, 1.165) is 29.5 Å². The molecule has 0 amide bonds. The molecule has 178 valence electrons. The summed E-state index contributed by atoms with van der Waals surface area (Å²) in [5.41, 5.74) is 7.00. The van der Waals surface area contributed by atoms with Gasteiger partial charge in [-0.05, 0) is 61.6 Å². The molecule has 1 aromatic heterocycles. The molecule has 2 aliphatic heterocycles. The van der Waals surface area contributed by atoms with E-state index in [1.54, 1.807) is 18.2 Å². The molecule has 2 N–H and O–H groups in total. The van der Waals surface area contributed by atoms with Crippen LogP contribution in [0.5, 0.6) is 0 Å². The van der Waals surface area contributed by atoms with Gasteiger partial charge < -0.3 is 15.3 Å². The quantitative estimate of drug-likeness (QED) is 0.361. The van der Waals surface area contributed by atoms with Gasteiger partial charge in [-0.1, -0.05) is 42.5 Å². The van der Waals surface area contributed by atoms with Crippen molar-refractivity contribution in [2.75, 3.05) is 10.2 Å². The number of carboxylic acids is 1. The highest BCUT2D eigenvalue weighted by Crippen LogP contribution is 2.55. The number of nitrogens with one attached hydrogen (secondary N) is 1. The number of hydrogen-bond acceptors (Lipinski definition) is 6. The van der Waals surface area contributed by atoms with Crippen LogP contribution >= 0.6 is 0 Å². The third kappa shape index (κ3) is 3.37. The molecule has 1 saturated heterocycles.